The molecule has 0 aliphatic rings. The van der Waals surface area contributed by atoms with Gasteiger partial charge in [0.05, 0.1) is 12.7 Å². The number of carboxylic acid groups (broad SMARTS) is 1. The molecule has 0 saturated heterocycles. The Bertz CT molecular complexity index is 565. The molecule has 6 heteroatoms. The Balaban J connectivity index is 2.93. The number of ether oxygens (including phenoxy) is 2. The van der Waals surface area contributed by atoms with Crippen molar-refractivity contribution in [3.05, 3.63) is 35.9 Å². The largest absolute Gasteiger partial charge is 0.480 e. The van der Waals surface area contributed by atoms with Crippen LogP contribution < -0.4 is 0 Å². The van der Waals surface area contributed by atoms with Gasteiger partial charge in [0.25, 0.3) is 0 Å². The summed E-state index contributed by atoms with van der Waals surface area (Å²) in [4.78, 5) is 25.2. The van der Waals surface area contributed by atoms with Gasteiger partial charge in [-0.25, -0.2) is 9.59 Å². The first kappa shape index (κ1) is 21.0. The summed E-state index contributed by atoms with van der Waals surface area (Å²) in [5.41, 5.74) is 0.240. The number of carboxylic acids is 1. The van der Waals surface area contributed by atoms with E-state index in [0.29, 0.717) is 0 Å². The second-order valence-corrected chi connectivity index (χ2v) is 7.38. The molecule has 6 nitrogen and oxygen atoms in total. The van der Waals surface area contributed by atoms with Crippen molar-refractivity contribution < 1.29 is 24.2 Å². The summed E-state index contributed by atoms with van der Waals surface area (Å²) < 4.78 is 11.2. The summed E-state index contributed by atoms with van der Waals surface area (Å²) in [6, 6.07) is 8.36. The molecule has 0 heterocycles. The molecule has 0 saturated carbocycles. The molecule has 0 aliphatic heterocycles. The fourth-order valence-electron chi connectivity index (χ4n) is 2.39. The molecule has 0 fully saturated rings. The molecular formula is C19H29NO5. The van der Waals surface area contributed by atoms with Gasteiger partial charge >= 0.3 is 12.1 Å². The Labute approximate surface area is 149 Å². The standard InChI is InChI=1S/C19H29NO5/c1-13(2)16(24-12-14-10-8-7-9-11-14)15(17(21)22)20(6)18(23)25-19(3,4)5/h7-11,13,15-16H,12H2,1-6H3,(H,21,22)/t15-,16+/m0/s1. The molecule has 0 aliphatic carbocycles. The van der Waals surface area contributed by atoms with E-state index in [1.165, 1.54) is 7.05 Å². The zero-order valence-electron chi connectivity index (χ0n) is 15.9. The monoisotopic (exact) mass is 351 g/mol. The molecule has 1 amide bonds. The summed E-state index contributed by atoms with van der Waals surface area (Å²) >= 11 is 0. The second kappa shape index (κ2) is 8.85. The highest BCUT2D eigenvalue weighted by atomic mass is 16.6. The summed E-state index contributed by atoms with van der Waals surface area (Å²) in [6.45, 7) is 9.22. The molecule has 0 unspecified atom stereocenters. The van der Waals surface area contributed by atoms with Gasteiger partial charge in [-0.1, -0.05) is 44.2 Å². The Morgan fingerprint density at radius 3 is 2.16 bits per heavy atom. The maximum atomic E-state index is 12.3. The average Bonchev–Trinajstić information content (AvgIpc) is 2.49. The van der Waals surface area contributed by atoms with Gasteiger partial charge in [-0.2, -0.15) is 0 Å². The molecule has 2 atom stereocenters. The highest BCUT2D eigenvalue weighted by Gasteiger charge is 2.38. The Kier molecular flexibility index (Phi) is 7.42. The van der Waals surface area contributed by atoms with E-state index < -0.39 is 29.8 Å². The molecule has 0 bridgehead atoms. The van der Waals surface area contributed by atoms with Crippen LogP contribution in [0.3, 0.4) is 0 Å². The number of amides is 1. The average molecular weight is 351 g/mol. The number of rotatable bonds is 7. The Morgan fingerprint density at radius 1 is 1.16 bits per heavy atom. The highest BCUT2D eigenvalue weighted by molar-refractivity contribution is 5.80. The number of likely N-dealkylation sites (N-methyl/N-ethyl adjacent to an activating group) is 1. The summed E-state index contributed by atoms with van der Waals surface area (Å²) in [7, 11) is 1.42. The van der Waals surface area contributed by atoms with Crippen LogP contribution in [-0.2, 0) is 20.9 Å². The summed E-state index contributed by atoms with van der Waals surface area (Å²) in [5, 5.41) is 9.68. The molecular weight excluding hydrogens is 322 g/mol. The van der Waals surface area contributed by atoms with Gasteiger partial charge in [-0.15, -0.1) is 0 Å². The van der Waals surface area contributed by atoms with Gasteiger partial charge in [0.1, 0.15) is 5.60 Å². The lowest BCUT2D eigenvalue weighted by Gasteiger charge is -2.34. The molecule has 1 rings (SSSR count). The third-order valence-electron chi connectivity index (χ3n) is 3.61. The lowest BCUT2D eigenvalue weighted by atomic mass is 9.98. The number of carbonyl (C=O) groups excluding carboxylic acids is 1. The SMILES string of the molecule is CC(C)[C@@H](OCc1ccccc1)[C@@H](C(=O)O)N(C)C(=O)OC(C)(C)C. The van der Waals surface area contributed by atoms with Crippen molar-refractivity contribution in [3.63, 3.8) is 0 Å². The number of aliphatic carboxylic acids is 1. The summed E-state index contributed by atoms with van der Waals surface area (Å²) in [5.74, 6) is -1.23. The molecule has 25 heavy (non-hydrogen) atoms. The van der Waals surface area contributed by atoms with E-state index >= 15 is 0 Å². The van der Waals surface area contributed by atoms with Gasteiger partial charge in [-0.05, 0) is 32.3 Å². The topological polar surface area (TPSA) is 76.1 Å². The minimum atomic E-state index is -1.14. The third kappa shape index (κ3) is 6.74. The van der Waals surface area contributed by atoms with Crippen molar-refractivity contribution >= 4 is 12.1 Å². The minimum absolute atomic E-state index is 0.102. The predicted octanol–water partition coefficient (Wildman–Crippen LogP) is 3.55. The Hall–Kier alpha value is -2.08. The molecule has 140 valence electrons. The quantitative estimate of drug-likeness (QED) is 0.813. The van der Waals surface area contributed by atoms with E-state index in [0.717, 1.165) is 10.5 Å². The van der Waals surface area contributed by atoms with Gasteiger partial charge in [-0.3, -0.25) is 4.90 Å². The molecule has 0 aromatic heterocycles. The first-order valence-corrected chi connectivity index (χ1v) is 8.37. The zero-order chi connectivity index (χ0) is 19.2. The van der Waals surface area contributed by atoms with Crippen molar-refractivity contribution in [2.75, 3.05) is 7.05 Å². The van der Waals surface area contributed by atoms with Crippen molar-refractivity contribution in [3.8, 4) is 0 Å². The maximum Gasteiger partial charge on any atom is 0.410 e. The number of hydrogen-bond donors (Lipinski definition) is 1. The third-order valence-corrected chi connectivity index (χ3v) is 3.61. The fraction of sp³-hybridized carbons (Fsp3) is 0.579. The van der Waals surface area contributed by atoms with Crippen LogP contribution in [0.2, 0.25) is 0 Å². The maximum absolute atomic E-state index is 12.3. The van der Waals surface area contributed by atoms with E-state index in [1.807, 2.05) is 44.2 Å². The van der Waals surface area contributed by atoms with E-state index in [4.69, 9.17) is 9.47 Å². The van der Waals surface area contributed by atoms with Crippen LogP contribution in [0.1, 0.15) is 40.2 Å². The van der Waals surface area contributed by atoms with Crippen LogP contribution in [0, 0.1) is 5.92 Å². The Morgan fingerprint density at radius 2 is 1.72 bits per heavy atom. The van der Waals surface area contributed by atoms with Gasteiger partial charge in [0, 0.05) is 7.05 Å². The van der Waals surface area contributed by atoms with Crippen molar-refractivity contribution in [1.29, 1.82) is 0 Å². The smallest absolute Gasteiger partial charge is 0.410 e. The van der Waals surface area contributed by atoms with E-state index in [2.05, 4.69) is 0 Å². The van der Waals surface area contributed by atoms with Crippen LogP contribution in [0.15, 0.2) is 30.3 Å². The number of carbonyl (C=O) groups is 2. The van der Waals surface area contributed by atoms with E-state index in [1.54, 1.807) is 20.8 Å². The minimum Gasteiger partial charge on any atom is -0.480 e. The first-order valence-electron chi connectivity index (χ1n) is 8.37. The van der Waals surface area contributed by atoms with Crippen LogP contribution in [0.4, 0.5) is 4.79 Å². The normalized spacial score (nSPS) is 14.0. The van der Waals surface area contributed by atoms with Gasteiger partial charge < -0.3 is 14.6 Å². The lowest BCUT2D eigenvalue weighted by Crippen LogP contribution is -2.53. The molecule has 1 N–H and O–H groups in total. The van der Waals surface area contributed by atoms with Crippen LogP contribution in [-0.4, -0.2) is 46.9 Å². The van der Waals surface area contributed by atoms with Gasteiger partial charge in [0.15, 0.2) is 6.04 Å². The van der Waals surface area contributed by atoms with E-state index in [-0.39, 0.29) is 12.5 Å². The fourth-order valence-corrected chi connectivity index (χ4v) is 2.39. The predicted molar refractivity (Wildman–Crippen MR) is 95.3 cm³/mol. The number of nitrogens with zero attached hydrogens (tertiary/aromatic N) is 1. The van der Waals surface area contributed by atoms with Crippen molar-refractivity contribution in [2.45, 2.75) is 59.0 Å². The van der Waals surface area contributed by atoms with Gasteiger partial charge in [0.2, 0.25) is 0 Å². The zero-order valence-corrected chi connectivity index (χ0v) is 15.9. The first-order chi connectivity index (χ1) is 11.5. The van der Waals surface area contributed by atoms with Crippen molar-refractivity contribution in [2.24, 2.45) is 5.92 Å². The molecule has 1 aromatic rings. The highest BCUT2D eigenvalue weighted by Crippen LogP contribution is 2.20. The van der Waals surface area contributed by atoms with Crippen molar-refractivity contribution in [1.82, 2.24) is 4.90 Å². The molecule has 0 spiro atoms. The lowest BCUT2D eigenvalue weighted by molar-refractivity contribution is -0.151. The number of benzene rings is 1. The summed E-state index contributed by atoms with van der Waals surface area (Å²) in [6.07, 6.45) is -1.36. The molecule has 0 radical (unpaired) electrons. The molecule has 1 aromatic carbocycles. The number of hydrogen-bond acceptors (Lipinski definition) is 4. The van der Waals surface area contributed by atoms with Crippen LogP contribution >= 0.6 is 0 Å². The van der Waals surface area contributed by atoms with Crippen LogP contribution in [0.25, 0.3) is 0 Å². The second-order valence-electron chi connectivity index (χ2n) is 7.38. The van der Waals surface area contributed by atoms with Crippen LogP contribution in [0.5, 0.6) is 0 Å². The van der Waals surface area contributed by atoms with E-state index in [9.17, 15) is 14.7 Å².